The molecular weight excluding hydrogens is 184 g/mol. The SMILES string of the molecule is CN(C)c1ccccc1N1CCCCC1. The topological polar surface area (TPSA) is 6.48 Å². The van der Waals surface area contributed by atoms with Gasteiger partial charge in [0.05, 0.1) is 11.4 Å². The molecule has 1 aromatic carbocycles. The molecule has 0 N–H and O–H groups in total. The van der Waals surface area contributed by atoms with Crippen molar-refractivity contribution in [3.63, 3.8) is 0 Å². The third-order valence-corrected chi connectivity index (χ3v) is 3.06. The number of nitrogens with zero attached hydrogens (tertiary/aromatic N) is 2. The first-order valence-electron chi connectivity index (χ1n) is 5.80. The Bertz CT molecular complexity index is 314. The smallest absolute Gasteiger partial charge is 0.0603 e. The van der Waals surface area contributed by atoms with Crippen LogP contribution >= 0.6 is 0 Å². The van der Waals surface area contributed by atoms with Gasteiger partial charge in [-0.15, -0.1) is 0 Å². The highest BCUT2D eigenvalue weighted by Gasteiger charge is 2.14. The van der Waals surface area contributed by atoms with Crippen molar-refractivity contribution in [1.82, 2.24) is 0 Å². The summed E-state index contributed by atoms with van der Waals surface area (Å²) in [5.41, 5.74) is 2.72. The number of piperidine rings is 1. The average Bonchev–Trinajstić information content (AvgIpc) is 2.30. The third-order valence-electron chi connectivity index (χ3n) is 3.06. The Morgan fingerprint density at radius 1 is 1.00 bits per heavy atom. The maximum absolute atomic E-state index is 2.51. The van der Waals surface area contributed by atoms with Crippen molar-refractivity contribution in [1.29, 1.82) is 0 Å². The molecule has 0 saturated carbocycles. The summed E-state index contributed by atoms with van der Waals surface area (Å²) >= 11 is 0. The molecule has 1 aromatic rings. The molecule has 1 aliphatic heterocycles. The highest BCUT2D eigenvalue weighted by molar-refractivity contribution is 5.70. The second kappa shape index (κ2) is 4.56. The average molecular weight is 204 g/mol. The van der Waals surface area contributed by atoms with Gasteiger partial charge in [-0.1, -0.05) is 12.1 Å². The summed E-state index contributed by atoms with van der Waals surface area (Å²) < 4.78 is 0. The fourth-order valence-electron chi connectivity index (χ4n) is 2.24. The maximum Gasteiger partial charge on any atom is 0.0603 e. The Hall–Kier alpha value is -1.18. The van der Waals surface area contributed by atoms with Crippen molar-refractivity contribution in [3.8, 4) is 0 Å². The molecule has 0 aliphatic carbocycles. The fourth-order valence-corrected chi connectivity index (χ4v) is 2.24. The molecule has 1 heterocycles. The van der Waals surface area contributed by atoms with Gasteiger partial charge in [-0.2, -0.15) is 0 Å². The summed E-state index contributed by atoms with van der Waals surface area (Å²) in [5, 5.41) is 0. The largest absolute Gasteiger partial charge is 0.376 e. The molecule has 2 nitrogen and oxygen atoms in total. The van der Waals surface area contributed by atoms with Crippen LogP contribution in [0.2, 0.25) is 0 Å². The molecule has 0 amide bonds. The Morgan fingerprint density at radius 2 is 1.67 bits per heavy atom. The molecule has 0 unspecified atom stereocenters. The van der Waals surface area contributed by atoms with Gasteiger partial charge in [-0.05, 0) is 31.4 Å². The predicted octanol–water partition coefficient (Wildman–Crippen LogP) is 2.74. The first kappa shape index (κ1) is 10.3. The van der Waals surface area contributed by atoms with E-state index < -0.39 is 0 Å². The van der Waals surface area contributed by atoms with E-state index in [1.807, 2.05) is 0 Å². The van der Waals surface area contributed by atoms with Gasteiger partial charge in [-0.3, -0.25) is 0 Å². The van der Waals surface area contributed by atoms with E-state index in [0.717, 1.165) is 0 Å². The standard InChI is InChI=1S/C13H20N2/c1-14(2)12-8-4-5-9-13(12)15-10-6-3-7-11-15/h4-5,8-9H,3,6-7,10-11H2,1-2H3. The zero-order valence-corrected chi connectivity index (χ0v) is 9.74. The van der Waals surface area contributed by atoms with E-state index in [2.05, 4.69) is 48.2 Å². The summed E-state index contributed by atoms with van der Waals surface area (Å²) in [4.78, 5) is 4.71. The van der Waals surface area contributed by atoms with Crippen molar-refractivity contribution in [2.75, 3.05) is 37.0 Å². The minimum atomic E-state index is 1.21. The van der Waals surface area contributed by atoms with Crippen molar-refractivity contribution < 1.29 is 0 Å². The number of benzene rings is 1. The highest BCUT2D eigenvalue weighted by atomic mass is 15.2. The lowest BCUT2D eigenvalue weighted by Crippen LogP contribution is -2.30. The molecule has 0 bridgehead atoms. The van der Waals surface area contributed by atoms with E-state index in [1.165, 1.54) is 43.7 Å². The minimum absolute atomic E-state index is 1.21. The van der Waals surface area contributed by atoms with Gasteiger partial charge in [0.15, 0.2) is 0 Å². The van der Waals surface area contributed by atoms with Crippen LogP contribution in [0.3, 0.4) is 0 Å². The lowest BCUT2D eigenvalue weighted by atomic mass is 10.1. The number of anilines is 2. The van der Waals surface area contributed by atoms with Crippen LogP contribution < -0.4 is 9.80 Å². The van der Waals surface area contributed by atoms with Gasteiger partial charge < -0.3 is 9.80 Å². The minimum Gasteiger partial charge on any atom is -0.376 e. The Morgan fingerprint density at radius 3 is 2.33 bits per heavy atom. The van der Waals surface area contributed by atoms with Gasteiger partial charge in [0, 0.05) is 27.2 Å². The van der Waals surface area contributed by atoms with Crippen molar-refractivity contribution in [3.05, 3.63) is 24.3 Å². The zero-order chi connectivity index (χ0) is 10.7. The van der Waals surface area contributed by atoms with E-state index in [9.17, 15) is 0 Å². The lowest BCUT2D eigenvalue weighted by Gasteiger charge is -2.32. The number of rotatable bonds is 2. The normalized spacial score (nSPS) is 16.5. The summed E-state index contributed by atoms with van der Waals surface area (Å²) in [5.74, 6) is 0. The first-order chi connectivity index (χ1) is 7.29. The van der Waals surface area contributed by atoms with Crippen LogP contribution in [0.5, 0.6) is 0 Å². The number of hydrogen-bond acceptors (Lipinski definition) is 2. The van der Waals surface area contributed by atoms with Crippen LogP contribution in [0.4, 0.5) is 11.4 Å². The molecule has 2 rings (SSSR count). The second-order valence-electron chi connectivity index (χ2n) is 4.43. The summed E-state index contributed by atoms with van der Waals surface area (Å²) in [6.07, 6.45) is 4.06. The molecule has 0 spiro atoms. The van der Waals surface area contributed by atoms with E-state index >= 15 is 0 Å². The van der Waals surface area contributed by atoms with Crippen molar-refractivity contribution >= 4 is 11.4 Å². The van der Waals surface area contributed by atoms with Crippen LogP contribution in [0.1, 0.15) is 19.3 Å². The van der Waals surface area contributed by atoms with Crippen LogP contribution in [0.15, 0.2) is 24.3 Å². The van der Waals surface area contributed by atoms with E-state index in [-0.39, 0.29) is 0 Å². The second-order valence-corrected chi connectivity index (χ2v) is 4.43. The van der Waals surface area contributed by atoms with Gasteiger partial charge in [0.1, 0.15) is 0 Å². The zero-order valence-electron chi connectivity index (χ0n) is 9.74. The molecule has 0 atom stereocenters. The predicted molar refractivity (Wildman–Crippen MR) is 66.8 cm³/mol. The lowest BCUT2D eigenvalue weighted by molar-refractivity contribution is 0.578. The van der Waals surface area contributed by atoms with E-state index in [1.54, 1.807) is 0 Å². The Balaban J connectivity index is 2.25. The van der Waals surface area contributed by atoms with E-state index in [0.29, 0.717) is 0 Å². The fraction of sp³-hybridized carbons (Fsp3) is 0.538. The Labute approximate surface area is 92.5 Å². The third kappa shape index (κ3) is 2.25. The van der Waals surface area contributed by atoms with Crippen molar-refractivity contribution in [2.45, 2.75) is 19.3 Å². The van der Waals surface area contributed by atoms with Crippen LogP contribution in [0, 0.1) is 0 Å². The molecule has 2 heteroatoms. The molecule has 0 radical (unpaired) electrons. The molecule has 0 aromatic heterocycles. The molecule has 1 aliphatic rings. The molecular formula is C13H20N2. The Kier molecular flexibility index (Phi) is 3.14. The highest BCUT2D eigenvalue weighted by Crippen LogP contribution is 2.29. The quantitative estimate of drug-likeness (QED) is 0.731. The van der Waals surface area contributed by atoms with Gasteiger partial charge in [0.25, 0.3) is 0 Å². The van der Waals surface area contributed by atoms with Crippen LogP contribution in [-0.4, -0.2) is 27.2 Å². The number of para-hydroxylation sites is 2. The van der Waals surface area contributed by atoms with Crippen molar-refractivity contribution in [2.24, 2.45) is 0 Å². The molecule has 15 heavy (non-hydrogen) atoms. The monoisotopic (exact) mass is 204 g/mol. The van der Waals surface area contributed by atoms with Gasteiger partial charge in [-0.25, -0.2) is 0 Å². The summed E-state index contributed by atoms with van der Waals surface area (Å²) in [6, 6.07) is 8.68. The first-order valence-corrected chi connectivity index (χ1v) is 5.80. The molecule has 1 saturated heterocycles. The molecule has 82 valence electrons. The van der Waals surface area contributed by atoms with E-state index in [4.69, 9.17) is 0 Å². The summed E-state index contributed by atoms with van der Waals surface area (Å²) in [6.45, 7) is 2.43. The summed E-state index contributed by atoms with van der Waals surface area (Å²) in [7, 11) is 4.23. The van der Waals surface area contributed by atoms with Gasteiger partial charge in [0.2, 0.25) is 0 Å². The van der Waals surface area contributed by atoms with Crippen LogP contribution in [0.25, 0.3) is 0 Å². The maximum atomic E-state index is 2.51. The molecule has 1 fully saturated rings. The number of hydrogen-bond donors (Lipinski definition) is 0. The van der Waals surface area contributed by atoms with Gasteiger partial charge >= 0.3 is 0 Å². The van der Waals surface area contributed by atoms with Crippen LogP contribution in [-0.2, 0) is 0 Å².